The molecule has 4 unspecified atom stereocenters. The number of unbranched alkanes of at least 4 members (excludes halogenated alkanes) is 8. The van der Waals surface area contributed by atoms with Crippen LogP contribution in [-0.4, -0.2) is 142 Å². The molecule has 2 aliphatic heterocycles. The first-order valence-electron chi connectivity index (χ1n) is 25.8. The minimum absolute atomic E-state index is 0.0755. The van der Waals surface area contributed by atoms with Gasteiger partial charge in [-0.25, -0.2) is 0 Å². The molecule has 0 spiro atoms. The first-order chi connectivity index (χ1) is 34.0. The lowest BCUT2D eigenvalue weighted by molar-refractivity contribution is -0.332. The van der Waals surface area contributed by atoms with Crippen molar-refractivity contribution in [2.75, 3.05) is 26.4 Å². The SMILES string of the molecule is CC/C=C/C/C=C/C/C=C/C/C=C/C/C=C/CCCC(=O)OC[C@@H](CO[C@@H]1O[C@H](CO[C@@H]2O[C@H](CO)[C@H](O)C(O)C2O)[C@H](O)C(O)C1O)OC(=O)CCC/C=C/C/C=C/C/C=C/CCCCCCCC. The molecule has 2 rings (SSSR count). The molecule has 11 atom stereocenters. The predicted octanol–water partition coefficient (Wildman–Crippen LogP) is 7.37. The van der Waals surface area contributed by atoms with Crippen LogP contribution in [-0.2, 0) is 38.0 Å². The highest BCUT2D eigenvalue weighted by Crippen LogP contribution is 2.26. The van der Waals surface area contributed by atoms with Gasteiger partial charge in [-0.2, -0.15) is 0 Å². The van der Waals surface area contributed by atoms with E-state index >= 15 is 0 Å². The average molecular weight is 989 g/mol. The van der Waals surface area contributed by atoms with Crippen LogP contribution >= 0.6 is 0 Å². The number of ether oxygens (including phenoxy) is 6. The summed E-state index contributed by atoms with van der Waals surface area (Å²) in [6.07, 6.45) is 34.5. The van der Waals surface area contributed by atoms with Crippen molar-refractivity contribution in [1.29, 1.82) is 0 Å². The molecule has 0 bridgehead atoms. The molecule has 15 nitrogen and oxygen atoms in total. The lowest BCUT2D eigenvalue weighted by Crippen LogP contribution is -2.61. The second kappa shape index (κ2) is 41.0. The van der Waals surface area contributed by atoms with E-state index in [0.29, 0.717) is 25.7 Å². The Balaban J connectivity index is 1.87. The van der Waals surface area contributed by atoms with Crippen LogP contribution in [0.4, 0.5) is 0 Å². The van der Waals surface area contributed by atoms with E-state index in [1.165, 1.54) is 38.5 Å². The van der Waals surface area contributed by atoms with Crippen molar-refractivity contribution in [1.82, 2.24) is 0 Å². The van der Waals surface area contributed by atoms with E-state index in [1.54, 1.807) is 0 Å². The van der Waals surface area contributed by atoms with Gasteiger partial charge in [0.15, 0.2) is 18.7 Å². The fourth-order valence-corrected chi connectivity index (χ4v) is 7.33. The number of esters is 2. The third-order valence-corrected chi connectivity index (χ3v) is 11.5. The molecular weight excluding hydrogens is 901 g/mol. The Morgan fingerprint density at radius 3 is 1.41 bits per heavy atom. The summed E-state index contributed by atoms with van der Waals surface area (Å²) in [4.78, 5) is 25.7. The minimum atomic E-state index is -1.79. The van der Waals surface area contributed by atoms with Crippen molar-refractivity contribution in [2.45, 2.75) is 210 Å². The van der Waals surface area contributed by atoms with Crippen LogP contribution in [0.1, 0.15) is 142 Å². The Morgan fingerprint density at radius 1 is 0.471 bits per heavy atom. The highest BCUT2D eigenvalue weighted by atomic mass is 16.7. The van der Waals surface area contributed by atoms with Gasteiger partial charge in [-0.3, -0.25) is 9.59 Å². The number of carbonyl (C=O) groups excluding carboxylic acids is 2. The van der Waals surface area contributed by atoms with Gasteiger partial charge in [0.25, 0.3) is 0 Å². The zero-order valence-corrected chi connectivity index (χ0v) is 42.0. The Kier molecular flexibility index (Phi) is 36.6. The van der Waals surface area contributed by atoms with Gasteiger partial charge in [0.05, 0.1) is 19.8 Å². The molecule has 398 valence electrons. The Bertz CT molecular complexity index is 1580. The van der Waals surface area contributed by atoms with Crippen molar-refractivity contribution in [2.24, 2.45) is 0 Å². The molecule has 0 radical (unpaired) electrons. The zero-order valence-electron chi connectivity index (χ0n) is 42.0. The smallest absolute Gasteiger partial charge is 0.306 e. The molecule has 15 heteroatoms. The Hall–Kier alpha value is -3.58. The zero-order chi connectivity index (χ0) is 51.0. The summed E-state index contributed by atoms with van der Waals surface area (Å²) in [5.41, 5.74) is 0. The van der Waals surface area contributed by atoms with Crippen molar-refractivity contribution in [3.63, 3.8) is 0 Å². The molecule has 0 saturated carbocycles. The standard InChI is InChI=1S/C55H88O15/c1-3-5-7-9-11-13-15-17-19-21-23-25-27-29-31-33-35-37-46(57)65-40-43(68-47(58)38-36-34-32-30-28-26-24-22-20-18-16-14-12-10-8-6-4-2)41-66-54-53(64)51(62)49(60)45(70-54)42-67-55-52(63)50(61)48(59)44(39-56)69-55/h5,7,11,13,17-20,23-26,29-32,43-45,48-56,59-64H,3-4,6,8-10,12,14-16,21-22,27-28,33-42H2,1-2H3/b7-5+,13-11+,19-17+,20-18+,25-23+,26-24+,31-29+,32-30+/t43-,44+,45+,48-,49-,50?,51?,52?,53?,54+,55+/m0/s1. The van der Waals surface area contributed by atoms with E-state index in [-0.39, 0.29) is 19.4 Å². The van der Waals surface area contributed by atoms with Crippen molar-refractivity contribution in [3.05, 3.63) is 97.2 Å². The van der Waals surface area contributed by atoms with Gasteiger partial charge in [-0.05, 0) is 83.5 Å². The molecule has 7 N–H and O–H groups in total. The number of hydrogen-bond donors (Lipinski definition) is 7. The quantitative estimate of drug-likeness (QED) is 0.0182. The van der Waals surface area contributed by atoms with Crippen LogP contribution in [0.5, 0.6) is 0 Å². The van der Waals surface area contributed by atoms with Crippen molar-refractivity contribution >= 4 is 11.9 Å². The lowest BCUT2D eigenvalue weighted by atomic mass is 9.98. The second-order valence-electron chi connectivity index (χ2n) is 17.6. The largest absolute Gasteiger partial charge is 0.462 e. The van der Waals surface area contributed by atoms with Crippen LogP contribution in [0.3, 0.4) is 0 Å². The fourth-order valence-electron chi connectivity index (χ4n) is 7.33. The summed E-state index contributed by atoms with van der Waals surface area (Å²) in [7, 11) is 0. The highest BCUT2D eigenvalue weighted by Gasteiger charge is 2.47. The fraction of sp³-hybridized carbons (Fsp3) is 0.673. The number of hydrogen-bond acceptors (Lipinski definition) is 15. The van der Waals surface area contributed by atoms with Gasteiger partial charge < -0.3 is 64.2 Å². The molecule has 70 heavy (non-hydrogen) atoms. The summed E-state index contributed by atoms with van der Waals surface area (Å²) in [5, 5.41) is 72.1. The summed E-state index contributed by atoms with van der Waals surface area (Å²) >= 11 is 0. The maximum atomic E-state index is 13.0. The normalized spacial score (nSPS) is 26.2. The maximum absolute atomic E-state index is 13.0. The lowest BCUT2D eigenvalue weighted by Gasteiger charge is -2.42. The van der Waals surface area contributed by atoms with E-state index in [9.17, 15) is 45.3 Å². The molecular formula is C55H88O15. The number of allylic oxidation sites excluding steroid dienone is 16. The van der Waals surface area contributed by atoms with E-state index in [4.69, 9.17) is 28.4 Å². The van der Waals surface area contributed by atoms with E-state index in [1.807, 2.05) is 24.3 Å². The third kappa shape index (κ3) is 28.5. The minimum Gasteiger partial charge on any atom is -0.462 e. The number of aliphatic hydroxyl groups is 7. The number of aliphatic hydroxyl groups excluding tert-OH is 7. The van der Waals surface area contributed by atoms with E-state index in [0.717, 1.165) is 51.4 Å². The molecule has 0 aliphatic carbocycles. The number of rotatable bonds is 38. The summed E-state index contributed by atoms with van der Waals surface area (Å²) in [6, 6.07) is 0. The second-order valence-corrected chi connectivity index (χ2v) is 17.6. The monoisotopic (exact) mass is 989 g/mol. The molecule has 2 aliphatic rings. The van der Waals surface area contributed by atoms with E-state index in [2.05, 4.69) is 86.8 Å². The van der Waals surface area contributed by atoms with Crippen molar-refractivity contribution in [3.8, 4) is 0 Å². The van der Waals surface area contributed by atoms with Crippen molar-refractivity contribution < 1.29 is 73.8 Å². The van der Waals surface area contributed by atoms with Crippen LogP contribution in [0.2, 0.25) is 0 Å². The van der Waals surface area contributed by atoms with Crippen LogP contribution < -0.4 is 0 Å². The Labute approximate surface area is 417 Å². The maximum Gasteiger partial charge on any atom is 0.306 e. The van der Waals surface area contributed by atoms with Crippen LogP contribution in [0.15, 0.2) is 97.2 Å². The topological polar surface area (TPSA) is 231 Å². The van der Waals surface area contributed by atoms with Gasteiger partial charge in [-0.15, -0.1) is 0 Å². The van der Waals surface area contributed by atoms with Gasteiger partial charge in [0, 0.05) is 12.8 Å². The molecule has 2 saturated heterocycles. The first-order valence-corrected chi connectivity index (χ1v) is 25.8. The summed E-state index contributed by atoms with van der Waals surface area (Å²) in [5.74, 6) is -1.06. The van der Waals surface area contributed by atoms with Gasteiger partial charge in [0.1, 0.15) is 55.4 Å². The molecule has 0 aromatic heterocycles. The van der Waals surface area contributed by atoms with Crippen LogP contribution in [0.25, 0.3) is 0 Å². The Morgan fingerprint density at radius 2 is 0.900 bits per heavy atom. The van der Waals surface area contributed by atoms with Gasteiger partial charge in [0.2, 0.25) is 0 Å². The summed E-state index contributed by atoms with van der Waals surface area (Å²) in [6.45, 7) is 2.33. The van der Waals surface area contributed by atoms with Gasteiger partial charge >= 0.3 is 11.9 Å². The molecule has 0 amide bonds. The highest BCUT2D eigenvalue weighted by molar-refractivity contribution is 5.70. The molecule has 2 heterocycles. The van der Waals surface area contributed by atoms with Gasteiger partial charge in [-0.1, -0.05) is 143 Å². The van der Waals surface area contributed by atoms with E-state index < -0.39 is 99.3 Å². The first kappa shape index (κ1) is 62.5. The molecule has 2 fully saturated rings. The molecule has 0 aromatic rings. The predicted molar refractivity (Wildman–Crippen MR) is 270 cm³/mol. The average Bonchev–Trinajstić information content (AvgIpc) is 3.35. The van der Waals surface area contributed by atoms with Crippen LogP contribution in [0, 0.1) is 0 Å². The molecule has 0 aromatic carbocycles. The summed E-state index contributed by atoms with van der Waals surface area (Å²) < 4.78 is 33.4. The number of carbonyl (C=O) groups is 2. The third-order valence-electron chi connectivity index (χ3n) is 11.5.